The van der Waals surface area contributed by atoms with E-state index in [0.29, 0.717) is 25.5 Å². The number of nitrogens with one attached hydrogen (secondary N) is 3. The largest absolute Gasteiger partial charge is 0.359 e. The van der Waals surface area contributed by atoms with Gasteiger partial charge in [0, 0.05) is 19.6 Å². The zero-order valence-corrected chi connectivity index (χ0v) is 16.7. The minimum atomic E-state index is -2.93. The van der Waals surface area contributed by atoms with Crippen molar-refractivity contribution in [1.29, 1.82) is 0 Å². The van der Waals surface area contributed by atoms with Crippen molar-refractivity contribution >= 4 is 45.7 Å². The maximum atomic E-state index is 11.7. The molecule has 1 aliphatic heterocycles. The molecule has 0 aromatic heterocycles. The van der Waals surface area contributed by atoms with Gasteiger partial charge in [-0.25, -0.2) is 8.42 Å². The summed E-state index contributed by atoms with van der Waals surface area (Å²) in [6.07, 6.45) is 0.589. The molecule has 3 N–H and O–H groups in total. The van der Waals surface area contributed by atoms with Crippen LogP contribution in [-0.4, -0.2) is 58.0 Å². The smallest absolute Gasteiger partial charge is 0.227 e. The molecule has 0 aromatic rings. The van der Waals surface area contributed by atoms with Crippen molar-refractivity contribution in [3.8, 4) is 0 Å². The van der Waals surface area contributed by atoms with E-state index >= 15 is 0 Å². The fraction of sp³-hybridized carbons (Fsp3) is 0.846. The Hall–Kier alpha value is -0.580. The van der Waals surface area contributed by atoms with Crippen LogP contribution in [0.1, 0.15) is 27.2 Å². The van der Waals surface area contributed by atoms with Crippen molar-refractivity contribution in [2.24, 2.45) is 10.4 Å². The molecule has 1 atom stereocenters. The van der Waals surface area contributed by atoms with Gasteiger partial charge in [-0.3, -0.25) is 9.79 Å². The van der Waals surface area contributed by atoms with Gasteiger partial charge in [-0.15, -0.1) is 24.0 Å². The highest BCUT2D eigenvalue weighted by Gasteiger charge is 2.29. The van der Waals surface area contributed by atoms with Crippen molar-refractivity contribution in [3.63, 3.8) is 0 Å². The number of hydrogen-bond acceptors (Lipinski definition) is 4. The molecule has 1 rings (SSSR count). The quantitative estimate of drug-likeness (QED) is 0.317. The molecule has 1 saturated heterocycles. The molecule has 130 valence electrons. The van der Waals surface area contributed by atoms with Gasteiger partial charge in [0.25, 0.3) is 0 Å². The van der Waals surface area contributed by atoms with Crippen LogP contribution in [-0.2, 0) is 14.6 Å². The van der Waals surface area contributed by atoms with Crippen LogP contribution in [0.4, 0.5) is 0 Å². The van der Waals surface area contributed by atoms with Crippen molar-refractivity contribution in [3.05, 3.63) is 0 Å². The molecule has 7 nitrogen and oxygen atoms in total. The number of hydrogen-bond donors (Lipinski definition) is 3. The third-order valence-corrected chi connectivity index (χ3v) is 5.16. The summed E-state index contributed by atoms with van der Waals surface area (Å²) < 4.78 is 22.9. The minimum Gasteiger partial charge on any atom is -0.359 e. The van der Waals surface area contributed by atoms with Crippen molar-refractivity contribution in [2.75, 3.05) is 31.6 Å². The van der Waals surface area contributed by atoms with E-state index in [4.69, 9.17) is 0 Å². The summed E-state index contributed by atoms with van der Waals surface area (Å²) in [6.45, 7) is 6.57. The number of nitrogens with zero attached hydrogens (tertiary/aromatic N) is 1. The number of sulfone groups is 1. The maximum Gasteiger partial charge on any atom is 0.227 e. The first-order valence-electron chi connectivity index (χ1n) is 7.17. The Labute approximate surface area is 150 Å². The average Bonchev–Trinajstić information content (AvgIpc) is 2.74. The molecule has 0 saturated carbocycles. The number of guanidine groups is 1. The number of amides is 1. The van der Waals surface area contributed by atoms with E-state index in [1.54, 1.807) is 7.05 Å². The fourth-order valence-corrected chi connectivity index (χ4v) is 3.78. The second-order valence-electron chi connectivity index (χ2n) is 5.90. The van der Waals surface area contributed by atoms with Crippen LogP contribution in [0.15, 0.2) is 4.99 Å². The summed E-state index contributed by atoms with van der Waals surface area (Å²) >= 11 is 0. The van der Waals surface area contributed by atoms with Crippen LogP contribution in [0.5, 0.6) is 0 Å². The van der Waals surface area contributed by atoms with Crippen LogP contribution < -0.4 is 16.0 Å². The van der Waals surface area contributed by atoms with E-state index < -0.39 is 15.3 Å². The van der Waals surface area contributed by atoms with Gasteiger partial charge in [0.05, 0.1) is 23.5 Å². The van der Waals surface area contributed by atoms with Crippen molar-refractivity contribution in [1.82, 2.24) is 16.0 Å². The molecule has 0 aromatic carbocycles. The van der Waals surface area contributed by atoms with Gasteiger partial charge in [-0.1, -0.05) is 0 Å². The molecule has 1 aliphatic rings. The van der Waals surface area contributed by atoms with Crippen LogP contribution in [0.3, 0.4) is 0 Å². The van der Waals surface area contributed by atoms with Gasteiger partial charge >= 0.3 is 0 Å². The Balaban J connectivity index is 0.00000441. The molecule has 1 fully saturated rings. The molecule has 0 aliphatic carbocycles. The van der Waals surface area contributed by atoms with Gasteiger partial charge in [-0.05, 0) is 27.2 Å². The van der Waals surface area contributed by atoms with E-state index in [9.17, 15) is 13.2 Å². The summed E-state index contributed by atoms with van der Waals surface area (Å²) in [7, 11) is -1.33. The van der Waals surface area contributed by atoms with Gasteiger partial charge < -0.3 is 16.0 Å². The van der Waals surface area contributed by atoms with Crippen LogP contribution in [0.2, 0.25) is 0 Å². The second kappa shape index (κ2) is 8.90. The molecule has 0 spiro atoms. The third kappa shape index (κ3) is 6.67. The lowest BCUT2D eigenvalue weighted by Gasteiger charge is -2.22. The van der Waals surface area contributed by atoms with Crippen molar-refractivity contribution < 1.29 is 13.2 Å². The molecule has 0 bridgehead atoms. The number of aliphatic imine (C=N–C) groups is 1. The molecule has 1 amide bonds. The monoisotopic (exact) mass is 446 g/mol. The van der Waals surface area contributed by atoms with Crippen LogP contribution in [0.25, 0.3) is 0 Å². The molecule has 0 radical (unpaired) electrons. The lowest BCUT2D eigenvalue weighted by molar-refractivity contribution is -0.128. The van der Waals surface area contributed by atoms with Gasteiger partial charge in [0.2, 0.25) is 5.91 Å². The van der Waals surface area contributed by atoms with Crippen LogP contribution >= 0.6 is 24.0 Å². The average molecular weight is 446 g/mol. The highest BCUT2D eigenvalue weighted by molar-refractivity contribution is 14.0. The normalized spacial score (nSPS) is 20.9. The number of carbonyl (C=O) groups is 1. The van der Waals surface area contributed by atoms with E-state index in [2.05, 4.69) is 20.9 Å². The summed E-state index contributed by atoms with van der Waals surface area (Å²) in [5.41, 5.74) is -0.612. The van der Waals surface area contributed by atoms with Gasteiger partial charge in [0.1, 0.15) is 0 Å². The zero-order chi connectivity index (χ0) is 16.1. The molecular weight excluding hydrogens is 419 g/mol. The maximum absolute atomic E-state index is 11.7. The van der Waals surface area contributed by atoms with Gasteiger partial charge in [0.15, 0.2) is 15.8 Å². The summed E-state index contributed by atoms with van der Waals surface area (Å²) in [4.78, 5) is 16.1. The molecule has 1 heterocycles. The molecule has 22 heavy (non-hydrogen) atoms. The number of carbonyl (C=O) groups excluding carboxylic acids is 1. The van der Waals surface area contributed by atoms with E-state index in [-0.39, 0.29) is 47.4 Å². The Kier molecular flexibility index (Phi) is 8.66. The summed E-state index contributed by atoms with van der Waals surface area (Å²) in [5, 5.41) is 8.83. The first-order valence-corrected chi connectivity index (χ1v) is 9.00. The topological polar surface area (TPSA) is 99.7 Å². The van der Waals surface area contributed by atoms with Crippen LogP contribution in [0, 0.1) is 5.41 Å². The Morgan fingerprint density at radius 1 is 1.36 bits per heavy atom. The molecule has 1 unspecified atom stereocenters. The molecular formula is C13H27IN4O3S. The standard InChI is InChI=1S/C13H26N4O3S.HI/c1-5-15-12(16-9-13(2,3)11(18)14-4)17-10-6-7-21(19,20)8-10;/h10H,5-9H2,1-4H3,(H,14,18)(H2,15,16,17);1H. The van der Waals surface area contributed by atoms with Crippen molar-refractivity contribution in [2.45, 2.75) is 33.2 Å². The Bertz CT molecular complexity index is 505. The summed E-state index contributed by atoms with van der Waals surface area (Å²) in [6, 6.07) is -0.115. The SMILES string of the molecule is CCNC(=NCC(C)(C)C(=O)NC)NC1CCS(=O)(=O)C1.I. The van der Waals surface area contributed by atoms with E-state index in [1.165, 1.54) is 0 Å². The third-order valence-electron chi connectivity index (χ3n) is 3.39. The predicted octanol–water partition coefficient (Wildman–Crippen LogP) is 0.119. The fourth-order valence-electron chi connectivity index (χ4n) is 2.11. The molecule has 9 heteroatoms. The lowest BCUT2D eigenvalue weighted by atomic mass is 9.93. The number of halogens is 1. The predicted molar refractivity (Wildman–Crippen MR) is 99.4 cm³/mol. The Morgan fingerprint density at radius 2 is 2.00 bits per heavy atom. The highest BCUT2D eigenvalue weighted by Crippen LogP contribution is 2.15. The second-order valence-corrected chi connectivity index (χ2v) is 8.13. The highest BCUT2D eigenvalue weighted by atomic mass is 127. The van der Waals surface area contributed by atoms with Gasteiger partial charge in [-0.2, -0.15) is 0 Å². The zero-order valence-electron chi connectivity index (χ0n) is 13.6. The lowest BCUT2D eigenvalue weighted by Crippen LogP contribution is -2.45. The summed E-state index contributed by atoms with van der Waals surface area (Å²) in [5.74, 6) is 0.825. The van der Waals surface area contributed by atoms with E-state index in [0.717, 1.165) is 0 Å². The number of rotatable bonds is 5. The Morgan fingerprint density at radius 3 is 2.45 bits per heavy atom. The first kappa shape index (κ1) is 21.4. The minimum absolute atomic E-state index is 0. The van der Waals surface area contributed by atoms with E-state index in [1.807, 2.05) is 20.8 Å². The first-order chi connectivity index (χ1) is 9.70.